The fourth-order valence-electron chi connectivity index (χ4n) is 2.59. The average Bonchev–Trinajstić information content (AvgIpc) is 2.76. The van der Waals surface area contributed by atoms with Crippen LogP contribution in [0.2, 0.25) is 5.02 Å². The molecule has 1 aliphatic rings. The molecule has 0 N–H and O–H groups in total. The first kappa shape index (κ1) is 14.9. The number of benzene rings is 2. The SMILES string of the molecule is CC1(C)COc2ccc(C(Br)c3cccc(Cl)c3F)cc21. The van der Waals surface area contributed by atoms with E-state index in [0.717, 1.165) is 16.9 Å². The van der Waals surface area contributed by atoms with Gasteiger partial charge in [-0.25, -0.2) is 4.39 Å². The highest BCUT2D eigenvalue weighted by Crippen LogP contribution is 2.42. The van der Waals surface area contributed by atoms with Gasteiger partial charge in [-0.1, -0.05) is 59.6 Å². The average molecular weight is 370 g/mol. The van der Waals surface area contributed by atoms with Gasteiger partial charge >= 0.3 is 0 Å². The maximum absolute atomic E-state index is 14.2. The lowest BCUT2D eigenvalue weighted by molar-refractivity contribution is 0.291. The number of halogens is 3. The summed E-state index contributed by atoms with van der Waals surface area (Å²) in [6.45, 7) is 4.96. The van der Waals surface area contributed by atoms with Crippen LogP contribution < -0.4 is 4.74 Å². The fourth-order valence-corrected chi connectivity index (χ4v) is 3.41. The highest BCUT2D eigenvalue weighted by atomic mass is 79.9. The van der Waals surface area contributed by atoms with Gasteiger partial charge in [0.15, 0.2) is 0 Å². The fraction of sp³-hybridized carbons (Fsp3) is 0.294. The Labute approximate surface area is 137 Å². The molecule has 0 radical (unpaired) electrons. The summed E-state index contributed by atoms with van der Waals surface area (Å²) in [5, 5.41) is 0.141. The third kappa shape index (κ3) is 2.58. The van der Waals surface area contributed by atoms with Crippen LogP contribution in [0.4, 0.5) is 4.39 Å². The summed E-state index contributed by atoms with van der Waals surface area (Å²) in [5.74, 6) is 0.534. The molecule has 0 bridgehead atoms. The van der Waals surface area contributed by atoms with Crippen molar-refractivity contribution in [1.82, 2.24) is 0 Å². The van der Waals surface area contributed by atoms with Crippen molar-refractivity contribution in [3.8, 4) is 5.75 Å². The van der Waals surface area contributed by atoms with Crippen LogP contribution in [0, 0.1) is 5.82 Å². The van der Waals surface area contributed by atoms with Crippen molar-refractivity contribution in [3.63, 3.8) is 0 Å². The van der Waals surface area contributed by atoms with Gasteiger partial charge in [0.2, 0.25) is 0 Å². The molecule has 2 aromatic rings. The van der Waals surface area contributed by atoms with Crippen LogP contribution >= 0.6 is 27.5 Å². The Balaban J connectivity index is 2.03. The number of ether oxygens (including phenoxy) is 1. The first-order valence-corrected chi connectivity index (χ1v) is 8.05. The smallest absolute Gasteiger partial charge is 0.146 e. The van der Waals surface area contributed by atoms with Gasteiger partial charge in [0, 0.05) is 16.5 Å². The van der Waals surface area contributed by atoms with Crippen LogP contribution in [0.3, 0.4) is 0 Å². The molecule has 1 atom stereocenters. The second-order valence-electron chi connectivity index (χ2n) is 5.93. The van der Waals surface area contributed by atoms with Gasteiger partial charge in [-0.15, -0.1) is 0 Å². The molecule has 2 aromatic carbocycles. The quantitative estimate of drug-likeness (QED) is 0.623. The van der Waals surface area contributed by atoms with Crippen LogP contribution in [0.25, 0.3) is 0 Å². The Hall–Kier alpha value is -1.06. The lowest BCUT2D eigenvalue weighted by atomic mass is 9.85. The zero-order valence-corrected chi connectivity index (χ0v) is 14.1. The summed E-state index contributed by atoms with van der Waals surface area (Å²) in [6, 6.07) is 11.1. The number of alkyl halides is 1. The molecular weight excluding hydrogens is 355 g/mol. The molecule has 21 heavy (non-hydrogen) atoms. The van der Waals surface area contributed by atoms with Crippen LogP contribution in [-0.4, -0.2) is 6.61 Å². The molecule has 1 unspecified atom stereocenters. The molecule has 0 aromatic heterocycles. The number of hydrogen-bond acceptors (Lipinski definition) is 1. The molecule has 4 heteroatoms. The number of rotatable bonds is 2. The lowest BCUT2D eigenvalue weighted by Crippen LogP contribution is -2.18. The van der Waals surface area contributed by atoms with Gasteiger partial charge < -0.3 is 4.74 Å². The van der Waals surface area contributed by atoms with E-state index in [4.69, 9.17) is 16.3 Å². The molecule has 1 aliphatic heterocycles. The minimum Gasteiger partial charge on any atom is -0.492 e. The van der Waals surface area contributed by atoms with Crippen molar-refractivity contribution in [2.75, 3.05) is 6.61 Å². The second-order valence-corrected chi connectivity index (χ2v) is 7.26. The Morgan fingerprint density at radius 3 is 2.81 bits per heavy atom. The Morgan fingerprint density at radius 2 is 2.05 bits per heavy atom. The van der Waals surface area contributed by atoms with Crippen molar-refractivity contribution in [1.29, 1.82) is 0 Å². The molecule has 0 amide bonds. The van der Waals surface area contributed by atoms with Crippen molar-refractivity contribution >= 4 is 27.5 Å². The predicted molar refractivity (Wildman–Crippen MR) is 87.1 cm³/mol. The van der Waals surface area contributed by atoms with Crippen LogP contribution in [0.15, 0.2) is 36.4 Å². The largest absolute Gasteiger partial charge is 0.492 e. The Bertz CT molecular complexity index is 699. The minimum absolute atomic E-state index is 0.0229. The topological polar surface area (TPSA) is 9.23 Å². The summed E-state index contributed by atoms with van der Waals surface area (Å²) in [6.07, 6.45) is 0. The highest BCUT2D eigenvalue weighted by molar-refractivity contribution is 9.09. The molecule has 0 saturated heterocycles. The first-order chi connectivity index (χ1) is 9.90. The third-order valence-electron chi connectivity index (χ3n) is 3.87. The molecule has 110 valence electrons. The van der Waals surface area contributed by atoms with Crippen LogP contribution in [0.5, 0.6) is 5.75 Å². The Morgan fingerprint density at radius 1 is 1.29 bits per heavy atom. The van der Waals surface area contributed by atoms with Gasteiger partial charge in [-0.2, -0.15) is 0 Å². The minimum atomic E-state index is -0.378. The van der Waals surface area contributed by atoms with Gasteiger partial charge in [0.1, 0.15) is 11.6 Å². The summed E-state index contributed by atoms with van der Waals surface area (Å²) >= 11 is 9.45. The molecule has 1 heterocycles. The summed E-state index contributed by atoms with van der Waals surface area (Å²) in [7, 11) is 0. The highest BCUT2D eigenvalue weighted by Gasteiger charge is 2.32. The van der Waals surface area contributed by atoms with Crippen LogP contribution in [0.1, 0.15) is 35.4 Å². The summed E-state index contributed by atoms with van der Waals surface area (Å²) < 4.78 is 19.9. The zero-order valence-electron chi connectivity index (χ0n) is 11.8. The molecule has 0 fully saturated rings. The van der Waals surface area contributed by atoms with Crippen molar-refractivity contribution < 1.29 is 9.13 Å². The van der Waals surface area contributed by atoms with E-state index in [-0.39, 0.29) is 21.1 Å². The molecular formula is C17H15BrClFO. The molecule has 0 aliphatic carbocycles. The Kier molecular flexibility index (Phi) is 3.74. The van der Waals surface area contributed by atoms with Gasteiger partial charge in [0.25, 0.3) is 0 Å². The van der Waals surface area contributed by atoms with Crippen molar-refractivity contribution in [2.45, 2.75) is 24.1 Å². The van der Waals surface area contributed by atoms with E-state index in [9.17, 15) is 4.39 Å². The number of hydrogen-bond donors (Lipinski definition) is 0. The van der Waals surface area contributed by atoms with E-state index >= 15 is 0 Å². The molecule has 1 nitrogen and oxygen atoms in total. The predicted octanol–water partition coefficient (Wildman–Crippen LogP) is 5.63. The monoisotopic (exact) mass is 368 g/mol. The second kappa shape index (κ2) is 5.29. The molecule has 0 spiro atoms. The molecule has 0 saturated carbocycles. The van der Waals surface area contributed by atoms with Crippen molar-refractivity contribution in [2.24, 2.45) is 0 Å². The van der Waals surface area contributed by atoms with E-state index < -0.39 is 0 Å². The summed E-state index contributed by atoms with van der Waals surface area (Å²) in [4.78, 5) is -0.238. The van der Waals surface area contributed by atoms with E-state index in [1.54, 1.807) is 18.2 Å². The standard InChI is InChI=1S/C17H15BrClFO/c1-17(2)9-21-14-7-6-10(8-12(14)17)15(18)11-4-3-5-13(19)16(11)20/h3-8,15H,9H2,1-2H3. The lowest BCUT2D eigenvalue weighted by Gasteiger charge is -2.18. The van der Waals surface area contributed by atoms with E-state index in [1.807, 2.05) is 12.1 Å². The third-order valence-corrected chi connectivity index (χ3v) is 5.18. The van der Waals surface area contributed by atoms with E-state index in [2.05, 4.69) is 35.8 Å². The van der Waals surface area contributed by atoms with Gasteiger partial charge in [-0.3, -0.25) is 0 Å². The number of fused-ring (bicyclic) bond motifs is 1. The zero-order chi connectivity index (χ0) is 15.2. The van der Waals surface area contributed by atoms with Crippen molar-refractivity contribution in [3.05, 3.63) is 63.9 Å². The van der Waals surface area contributed by atoms with Crippen LogP contribution in [-0.2, 0) is 5.41 Å². The summed E-state index contributed by atoms with van der Waals surface area (Å²) in [5.41, 5.74) is 2.67. The van der Waals surface area contributed by atoms with E-state index in [1.165, 1.54) is 0 Å². The normalized spacial score (nSPS) is 17.2. The maximum atomic E-state index is 14.2. The molecule has 3 rings (SSSR count). The first-order valence-electron chi connectivity index (χ1n) is 6.75. The van der Waals surface area contributed by atoms with E-state index in [0.29, 0.717) is 12.2 Å². The van der Waals surface area contributed by atoms with Gasteiger partial charge in [-0.05, 0) is 23.8 Å². The maximum Gasteiger partial charge on any atom is 0.146 e. The van der Waals surface area contributed by atoms with Gasteiger partial charge in [0.05, 0.1) is 16.5 Å².